The number of hydrogen-bond donors (Lipinski definition) is 1. The summed E-state index contributed by atoms with van der Waals surface area (Å²) < 4.78 is 5.41. The molecule has 144 valence electrons. The number of nitrogens with zero attached hydrogens (tertiary/aromatic N) is 2. The van der Waals surface area contributed by atoms with Crippen molar-refractivity contribution in [1.82, 2.24) is 4.90 Å². The first-order chi connectivity index (χ1) is 14.2. The van der Waals surface area contributed by atoms with Crippen molar-refractivity contribution >= 4 is 28.3 Å². The quantitative estimate of drug-likeness (QED) is 0.701. The second-order valence-corrected chi connectivity index (χ2v) is 7.60. The van der Waals surface area contributed by atoms with Crippen LogP contribution in [0.5, 0.6) is 5.75 Å². The summed E-state index contributed by atoms with van der Waals surface area (Å²) in [6.07, 6.45) is 0.114. The highest BCUT2D eigenvalue weighted by Crippen LogP contribution is 2.37. The third-order valence-corrected chi connectivity index (χ3v) is 5.77. The van der Waals surface area contributed by atoms with Gasteiger partial charge in [-0.3, -0.25) is 4.79 Å². The lowest BCUT2D eigenvalue weighted by molar-refractivity contribution is 0.102. The Morgan fingerprint density at radius 2 is 1.76 bits per heavy atom. The van der Waals surface area contributed by atoms with Crippen LogP contribution in [0.1, 0.15) is 26.4 Å². The van der Waals surface area contributed by atoms with Gasteiger partial charge in [-0.25, -0.2) is 4.79 Å². The maximum Gasteiger partial charge on any atom is 0.415 e. The third kappa shape index (κ3) is 3.98. The van der Waals surface area contributed by atoms with Gasteiger partial charge in [0.25, 0.3) is 5.91 Å². The number of ether oxygens (including phenoxy) is 1. The van der Waals surface area contributed by atoms with Crippen LogP contribution < -0.4 is 10.1 Å². The SMILES string of the molecule is N#Cc1c(NC(=O)c2ccccc2)sc2c1CCN(C(=O)Oc1ccccc1)C2. The van der Waals surface area contributed by atoms with Crippen molar-refractivity contribution in [2.45, 2.75) is 13.0 Å². The fourth-order valence-corrected chi connectivity index (χ4v) is 4.39. The molecule has 1 aromatic heterocycles. The van der Waals surface area contributed by atoms with Crippen molar-refractivity contribution in [2.75, 3.05) is 11.9 Å². The van der Waals surface area contributed by atoms with Gasteiger partial charge < -0.3 is 15.0 Å². The molecular formula is C22H17N3O3S. The summed E-state index contributed by atoms with van der Waals surface area (Å²) in [6, 6.07) is 20.0. The van der Waals surface area contributed by atoms with Gasteiger partial charge in [-0.2, -0.15) is 5.26 Å². The van der Waals surface area contributed by atoms with Crippen molar-refractivity contribution in [3.05, 3.63) is 82.2 Å². The zero-order valence-electron chi connectivity index (χ0n) is 15.4. The number of thiophene rings is 1. The van der Waals surface area contributed by atoms with Crippen molar-refractivity contribution in [3.63, 3.8) is 0 Å². The van der Waals surface area contributed by atoms with E-state index in [1.165, 1.54) is 11.3 Å². The number of rotatable bonds is 3. The molecular weight excluding hydrogens is 386 g/mol. The van der Waals surface area contributed by atoms with E-state index in [0.29, 0.717) is 41.4 Å². The molecule has 0 saturated carbocycles. The number of carbonyl (C=O) groups excluding carboxylic acids is 2. The molecule has 0 saturated heterocycles. The largest absolute Gasteiger partial charge is 0.415 e. The van der Waals surface area contributed by atoms with Gasteiger partial charge in [0.15, 0.2) is 0 Å². The van der Waals surface area contributed by atoms with E-state index in [2.05, 4.69) is 11.4 Å². The number of fused-ring (bicyclic) bond motifs is 1. The molecule has 4 rings (SSSR count). The lowest BCUT2D eigenvalue weighted by atomic mass is 10.0. The van der Waals surface area contributed by atoms with Crippen molar-refractivity contribution in [3.8, 4) is 11.8 Å². The lowest BCUT2D eigenvalue weighted by Gasteiger charge is -2.26. The van der Waals surface area contributed by atoms with Crippen LogP contribution in [0.2, 0.25) is 0 Å². The highest BCUT2D eigenvalue weighted by molar-refractivity contribution is 7.16. The van der Waals surface area contributed by atoms with E-state index in [1.807, 2.05) is 12.1 Å². The first-order valence-electron chi connectivity index (χ1n) is 9.08. The Morgan fingerprint density at radius 1 is 1.07 bits per heavy atom. The maximum atomic E-state index is 12.5. The number of anilines is 1. The first-order valence-corrected chi connectivity index (χ1v) is 9.90. The van der Waals surface area contributed by atoms with E-state index < -0.39 is 6.09 Å². The molecule has 3 aromatic rings. The van der Waals surface area contributed by atoms with Gasteiger partial charge in [0.05, 0.1) is 12.1 Å². The van der Waals surface area contributed by atoms with Gasteiger partial charge in [0.1, 0.15) is 16.8 Å². The molecule has 0 radical (unpaired) electrons. The zero-order valence-corrected chi connectivity index (χ0v) is 16.2. The highest BCUT2D eigenvalue weighted by atomic mass is 32.1. The summed E-state index contributed by atoms with van der Waals surface area (Å²) in [7, 11) is 0. The van der Waals surface area contributed by atoms with Gasteiger partial charge in [-0.15, -0.1) is 11.3 Å². The van der Waals surface area contributed by atoms with E-state index >= 15 is 0 Å². The van der Waals surface area contributed by atoms with E-state index in [-0.39, 0.29) is 5.91 Å². The molecule has 0 spiro atoms. The second kappa shape index (κ2) is 8.17. The third-order valence-electron chi connectivity index (χ3n) is 4.64. The van der Waals surface area contributed by atoms with Crippen molar-refractivity contribution in [2.24, 2.45) is 0 Å². The normalized spacial score (nSPS) is 12.6. The van der Waals surface area contributed by atoms with E-state index in [9.17, 15) is 14.9 Å². The molecule has 1 aliphatic heterocycles. The molecule has 6 nitrogen and oxygen atoms in total. The number of hydrogen-bond acceptors (Lipinski definition) is 5. The van der Waals surface area contributed by atoms with E-state index in [1.54, 1.807) is 53.4 Å². The van der Waals surface area contributed by atoms with Crippen LogP contribution in [0.15, 0.2) is 60.7 Å². The van der Waals surface area contributed by atoms with Crippen molar-refractivity contribution < 1.29 is 14.3 Å². The van der Waals surface area contributed by atoms with E-state index in [0.717, 1.165) is 10.4 Å². The average Bonchev–Trinajstić information content (AvgIpc) is 3.11. The minimum atomic E-state index is -0.427. The monoisotopic (exact) mass is 403 g/mol. The van der Waals surface area contributed by atoms with Crippen LogP contribution in [0, 0.1) is 11.3 Å². The van der Waals surface area contributed by atoms with Crippen LogP contribution in [-0.2, 0) is 13.0 Å². The minimum absolute atomic E-state index is 0.263. The molecule has 7 heteroatoms. The van der Waals surface area contributed by atoms with Crippen LogP contribution >= 0.6 is 11.3 Å². The van der Waals surface area contributed by atoms with Gasteiger partial charge in [-0.1, -0.05) is 36.4 Å². The molecule has 0 unspecified atom stereocenters. The molecule has 2 aromatic carbocycles. The van der Waals surface area contributed by atoms with Gasteiger partial charge in [0, 0.05) is 17.0 Å². The summed E-state index contributed by atoms with van der Waals surface area (Å²) in [4.78, 5) is 27.4. The Balaban J connectivity index is 1.51. The standard InChI is InChI=1S/C22H17N3O3S/c23-13-18-17-11-12-25(22(27)28-16-9-5-2-6-10-16)14-19(17)29-21(18)24-20(26)15-7-3-1-4-8-15/h1-10H,11-12,14H2,(H,24,26). The molecule has 0 atom stereocenters. The number of amides is 2. The molecule has 2 amide bonds. The van der Waals surface area contributed by atoms with Gasteiger partial charge in [-0.05, 0) is 36.2 Å². The Labute approximate surface area is 172 Å². The van der Waals surface area contributed by atoms with Crippen LogP contribution in [-0.4, -0.2) is 23.4 Å². The molecule has 0 fully saturated rings. The van der Waals surface area contributed by atoms with Crippen molar-refractivity contribution in [1.29, 1.82) is 5.26 Å². The molecule has 29 heavy (non-hydrogen) atoms. The second-order valence-electron chi connectivity index (χ2n) is 6.49. The number of nitrogens with one attached hydrogen (secondary N) is 1. The highest BCUT2D eigenvalue weighted by Gasteiger charge is 2.28. The predicted molar refractivity (Wildman–Crippen MR) is 110 cm³/mol. The first kappa shape index (κ1) is 18.7. The Morgan fingerprint density at radius 3 is 2.45 bits per heavy atom. The minimum Gasteiger partial charge on any atom is -0.410 e. The number of carbonyl (C=O) groups is 2. The molecule has 1 N–H and O–H groups in total. The lowest BCUT2D eigenvalue weighted by Crippen LogP contribution is -2.37. The summed E-state index contributed by atoms with van der Waals surface area (Å²) >= 11 is 1.33. The summed E-state index contributed by atoms with van der Waals surface area (Å²) in [5.41, 5.74) is 1.89. The Hall–Kier alpha value is -3.63. The number of para-hydroxylation sites is 1. The molecule has 2 heterocycles. The van der Waals surface area contributed by atoms with Crippen LogP contribution in [0.4, 0.5) is 9.80 Å². The summed E-state index contributed by atoms with van der Waals surface area (Å²) in [5.74, 6) is 0.226. The van der Waals surface area contributed by atoms with Gasteiger partial charge >= 0.3 is 6.09 Å². The summed E-state index contributed by atoms with van der Waals surface area (Å²) in [6.45, 7) is 0.803. The fraction of sp³-hybridized carbons (Fsp3) is 0.136. The van der Waals surface area contributed by atoms with Gasteiger partial charge in [0.2, 0.25) is 0 Å². The topological polar surface area (TPSA) is 82.4 Å². The Kier molecular flexibility index (Phi) is 5.27. The van der Waals surface area contributed by atoms with E-state index in [4.69, 9.17) is 4.74 Å². The maximum absolute atomic E-state index is 12.5. The fourth-order valence-electron chi connectivity index (χ4n) is 3.18. The van der Waals surface area contributed by atoms with Crippen LogP contribution in [0.25, 0.3) is 0 Å². The molecule has 1 aliphatic rings. The Bertz CT molecular complexity index is 1090. The summed E-state index contributed by atoms with van der Waals surface area (Å²) in [5, 5.41) is 13.0. The number of nitriles is 1. The average molecular weight is 403 g/mol. The number of benzene rings is 2. The van der Waals surface area contributed by atoms with Crippen LogP contribution in [0.3, 0.4) is 0 Å². The molecule has 0 aliphatic carbocycles. The zero-order chi connectivity index (χ0) is 20.2. The predicted octanol–water partition coefficient (Wildman–Crippen LogP) is 4.43. The molecule has 0 bridgehead atoms. The smallest absolute Gasteiger partial charge is 0.410 e.